The standard InChI is InChI=1S/C29H33BrN2O2/c1-3-4-17-31-29(34)27(19-23-12-6-5-7-13-23)32(21-24-14-10-16-26(30)18-24)28(33)20-25-15-9-8-11-22(25)2/h5-16,18,27H,3-4,17,19-21H2,1-2H3,(H,31,34)/t27-/m1/s1. The molecule has 3 aromatic carbocycles. The van der Waals surface area contributed by atoms with Gasteiger partial charge in [-0.25, -0.2) is 0 Å². The highest BCUT2D eigenvalue weighted by Crippen LogP contribution is 2.19. The van der Waals surface area contributed by atoms with Gasteiger partial charge in [0.2, 0.25) is 11.8 Å². The lowest BCUT2D eigenvalue weighted by Gasteiger charge is -2.32. The van der Waals surface area contributed by atoms with Crippen LogP contribution in [0.5, 0.6) is 0 Å². The average Bonchev–Trinajstić information content (AvgIpc) is 2.83. The maximum Gasteiger partial charge on any atom is 0.243 e. The third-order valence-electron chi connectivity index (χ3n) is 5.95. The molecule has 3 aromatic rings. The first-order chi connectivity index (χ1) is 16.5. The van der Waals surface area contributed by atoms with Gasteiger partial charge in [-0.15, -0.1) is 0 Å². The van der Waals surface area contributed by atoms with E-state index >= 15 is 0 Å². The first kappa shape index (κ1) is 25.7. The number of carbonyl (C=O) groups excluding carboxylic acids is 2. The van der Waals surface area contributed by atoms with E-state index in [0.29, 0.717) is 19.5 Å². The van der Waals surface area contributed by atoms with Gasteiger partial charge in [-0.1, -0.05) is 96.0 Å². The van der Waals surface area contributed by atoms with Crippen molar-refractivity contribution >= 4 is 27.7 Å². The molecule has 0 fully saturated rings. The highest BCUT2D eigenvalue weighted by Gasteiger charge is 2.30. The number of halogens is 1. The van der Waals surface area contributed by atoms with Gasteiger partial charge in [0.1, 0.15) is 6.04 Å². The summed E-state index contributed by atoms with van der Waals surface area (Å²) >= 11 is 3.53. The molecule has 0 radical (unpaired) electrons. The monoisotopic (exact) mass is 520 g/mol. The van der Waals surface area contributed by atoms with Crippen LogP contribution < -0.4 is 5.32 Å². The third kappa shape index (κ3) is 7.56. The molecule has 34 heavy (non-hydrogen) atoms. The summed E-state index contributed by atoms with van der Waals surface area (Å²) in [6, 6.07) is 25.1. The van der Waals surface area contributed by atoms with Crippen molar-refractivity contribution in [3.05, 3.63) is 106 Å². The molecule has 4 nitrogen and oxygen atoms in total. The summed E-state index contributed by atoms with van der Waals surface area (Å²) in [5.41, 5.74) is 4.06. The molecule has 0 aliphatic carbocycles. The predicted octanol–water partition coefficient (Wildman–Crippen LogP) is 5.86. The minimum atomic E-state index is -0.602. The topological polar surface area (TPSA) is 49.4 Å². The highest BCUT2D eigenvalue weighted by molar-refractivity contribution is 9.10. The van der Waals surface area contributed by atoms with E-state index in [-0.39, 0.29) is 18.2 Å². The van der Waals surface area contributed by atoms with Crippen LogP contribution in [-0.2, 0) is 29.0 Å². The minimum Gasteiger partial charge on any atom is -0.354 e. The second kappa shape index (κ2) is 13.1. The van der Waals surface area contributed by atoms with E-state index in [9.17, 15) is 9.59 Å². The summed E-state index contributed by atoms with van der Waals surface area (Å²) in [5.74, 6) is -0.161. The molecule has 1 atom stereocenters. The average molecular weight is 521 g/mol. The molecule has 0 aliphatic rings. The van der Waals surface area contributed by atoms with Crippen molar-refractivity contribution in [3.8, 4) is 0 Å². The van der Waals surface area contributed by atoms with Crippen LogP contribution >= 0.6 is 15.9 Å². The van der Waals surface area contributed by atoms with Crippen LogP contribution in [0.4, 0.5) is 0 Å². The molecular formula is C29H33BrN2O2. The van der Waals surface area contributed by atoms with Gasteiger partial charge in [-0.3, -0.25) is 9.59 Å². The van der Waals surface area contributed by atoms with Crippen molar-refractivity contribution in [2.75, 3.05) is 6.54 Å². The van der Waals surface area contributed by atoms with E-state index in [1.807, 2.05) is 85.8 Å². The van der Waals surface area contributed by atoms with Crippen LogP contribution in [-0.4, -0.2) is 29.3 Å². The van der Waals surface area contributed by atoms with Gasteiger partial charge >= 0.3 is 0 Å². The maximum atomic E-state index is 13.8. The third-order valence-corrected chi connectivity index (χ3v) is 6.44. The Balaban J connectivity index is 1.95. The molecule has 0 heterocycles. The van der Waals surface area contributed by atoms with E-state index < -0.39 is 6.04 Å². The lowest BCUT2D eigenvalue weighted by atomic mass is 10.00. The number of nitrogens with one attached hydrogen (secondary N) is 1. The molecule has 0 saturated carbocycles. The Hall–Kier alpha value is -2.92. The van der Waals surface area contributed by atoms with E-state index in [1.54, 1.807) is 4.90 Å². The lowest BCUT2D eigenvalue weighted by molar-refractivity contribution is -0.140. The zero-order chi connectivity index (χ0) is 24.3. The molecule has 0 bridgehead atoms. The second-order valence-electron chi connectivity index (χ2n) is 8.60. The molecule has 0 aromatic heterocycles. The fourth-order valence-corrected chi connectivity index (χ4v) is 4.41. The summed E-state index contributed by atoms with van der Waals surface area (Å²) in [6.07, 6.45) is 2.63. The van der Waals surface area contributed by atoms with Crippen molar-refractivity contribution in [1.82, 2.24) is 10.2 Å². The normalized spacial score (nSPS) is 11.6. The van der Waals surface area contributed by atoms with E-state index in [4.69, 9.17) is 0 Å². The molecule has 0 aliphatic heterocycles. The van der Waals surface area contributed by atoms with Crippen LogP contribution in [0.15, 0.2) is 83.3 Å². The van der Waals surface area contributed by atoms with Crippen LogP contribution in [0.3, 0.4) is 0 Å². The molecule has 0 spiro atoms. The number of hydrogen-bond donors (Lipinski definition) is 1. The smallest absolute Gasteiger partial charge is 0.243 e. The summed E-state index contributed by atoms with van der Waals surface area (Å²) < 4.78 is 0.948. The van der Waals surface area contributed by atoms with Gasteiger partial charge in [0.05, 0.1) is 6.42 Å². The Morgan fingerprint density at radius 2 is 1.65 bits per heavy atom. The second-order valence-corrected chi connectivity index (χ2v) is 9.52. The van der Waals surface area contributed by atoms with Gasteiger partial charge in [-0.05, 0) is 47.7 Å². The zero-order valence-electron chi connectivity index (χ0n) is 20.0. The molecule has 5 heteroatoms. The SMILES string of the molecule is CCCCNC(=O)[C@@H](Cc1ccccc1)N(Cc1cccc(Br)c1)C(=O)Cc1ccccc1C. The Morgan fingerprint density at radius 1 is 0.941 bits per heavy atom. The first-order valence-electron chi connectivity index (χ1n) is 11.9. The number of rotatable bonds is 11. The maximum absolute atomic E-state index is 13.8. The van der Waals surface area contributed by atoms with Crippen LogP contribution in [0.1, 0.15) is 42.0 Å². The molecule has 0 saturated heterocycles. The van der Waals surface area contributed by atoms with Crippen LogP contribution in [0, 0.1) is 6.92 Å². The van der Waals surface area contributed by atoms with Gasteiger partial charge in [0, 0.05) is 24.0 Å². The Kier molecular flexibility index (Phi) is 9.89. The number of carbonyl (C=O) groups is 2. The number of amides is 2. The Bertz CT molecular complexity index is 1080. The molecule has 1 N–H and O–H groups in total. The van der Waals surface area contributed by atoms with Crippen molar-refractivity contribution in [1.29, 1.82) is 0 Å². The zero-order valence-corrected chi connectivity index (χ0v) is 21.6. The number of aryl methyl sites for hydroxylation is 1. The number of hydrogen-bond acceptors (Lipinski definition) is 2. The minimum absolute atomic E-state index is 0.0548. The molecule has 178 valence electrons. The molecular weight excluding hydrogens is 488 g/mol. The molecule has 2 amide bonds. The van der Waals surface area contributed by atoms with Crippen LogP contribution in [0.25, 0.3) is 0 Å². The molecule has 3 rings (SSSR count). The number of unbranched alkanes of at least 4 members (excludes halogenated alkanes) is 1. The van der Waals surface area contributed by atoms with Crippen molar-refractivity contribution < 1.29 is 9.59 Å². The predicted molar refractivity (Wildman–Crippen MR) is 141 cm³/mol. The Labute approximate surface area is 211 Å². The summed E-state index contributed by atoms with van der Waals surface area (Å²) in [7, 11) is 0. The van der Waals surface area contributed by atoms with Crippen molar-refractivity contribution in [2.24, 2.45) is 0 Å². The molecule has 0 unspecified atom stereocenters. The Morgan fingerprint density at radius 3 is 2.35 bits per heavy atom. The number of nitrogens with zero attached hydrogens (tertiary/aromatic N) is 1. The van der Waals surface area contributed by atoms with Crippen molar-refractivity contribution in [3.63, 3.8) is 0 Å². The fraction of sp³-hybridized carbons (Fsp3) is 0.310. The summed E-state index contributed by atoms with van der Waals surface area (Å²) in [5, 5.41) is 3.07. The van der Waals surface area contributed by atoms with Gasteiger partial charge in [-0.2, -0.15) is 0 Å². The van der Waals surface area contributed by atoms with E-state index in [2.05, 4.69) is 28.2 Å². The van der Waals surface area contributed by atoms with Gasteiger partial charge < -0.3 is 10.2 Å². The van der Waals surface area contributed by atoms with Gasteiger partial charge in [0.25, 0.3) is 0 Å². The largest absolute Gasteiger partial charge is 0.354 e. The lowest BCUT2D eigenvalue weighted by Crippen LogP contribution is -2.51. The fourth-order valence-electron chi connectivity index (χ4n) is 3.97. The van der Waals surface area contributed by atoms with Crippen molar-refractivity contribution in [2.45, 2.75) is 52.1 Å². The van der Waals surface area contributed by atoms with E-state index in [0.717, 1.165) is 39.6 Å². The van der Waals surface area contributed by atoms with E-state index in [1.165, 1.54) is 0 Å². The summed E-state index contributed by atoms with van der Waals surface area (Å²) in [6.45, 7) is 5.08. The highest BCUT2D eigenvalue weighted by atomic mass is 79.9. The quantitative estimate of drug-likeness (QED) is 0.322. The number of benzene rings is 3. The van der Waals surface area contributed by atoms with Gasteiger partial charge in [0.15, 0.2) is 0 Å². The summed E-state index contributed by atoms with van der Waals surface area (Å²) in [4.78, 5) is 28.9. The van der Waals surface area contributed by atoms with Crippen LogP contribution in [0.2, 0.25) is 0 Å². The first-order valence-corrected chi connectivity index (χ1v) is 12.7.